The van der Waals surface area contributed by atoms with E-state index in [0.29, 0.717) is 30.1 Å². The smallest absolute Gasteiger partial charge is 0.191 e. The monoisotopic (exact) mass is 440 g/mol. The molecular weight excluding hydrogens is 404 g/mol. The Morgan fingerprint density at radius 2 is 1.77 bits per heavy atom. The molecule has 0 saturated carbocycles. The zero-order chi connectivity index (χ0) is 21.9. The van der Waals surface area contributed by atoms with Crippen molar-refractivity contribution in [3.8, 4) is 0 Å². The maximum Gasteiger partial charge on any atom is 0.191 e. The number of aliphatic imine (C=N–C) groups is 1. The third-order valence-corrected chi connectivity index (χ3v) is 6.98. The van der Waals surface area contributed by atoms with E-state index in [-0.39, 0.29) is 0 Å². The first-order chi connectivity index (χ1) is 15.1. The maximum atomic E-state index is 12.4. The first-order valence-corrected chi connectivity index (χ1v) is 12.8. The van der Waals surface area contributed by atoms with Crippen LogP contribution >= 0.6 is 0 Å². The van der Waals surface area contributed by atoms with Crippen molar-refractivity contribution in [3.63, 3.8) is 0 Å². The van der Waals surface area contributed by atoms with Crippen LogP contribution in [-0.2, 0) is 23.1 Å². The van der Waals surface area contributed by atoms with Crippen molar-refractivity contribution in [1.29, 1.82) is 0 Å². The molecule has 2 aromatic rings. The minimum Gasteiger partial charge on any atom is -0.357 e. The highest BCUT2D eigenvalue weighted by molar-refractivity contribution is 7.84. The Morgan fingerprint density at radius 3 is 2.42 bits per heavy atom. The highest BCUT2D eigenvalue weighted by Gasteiger charge is 2.25. The molecule has 0 radical (unpaired) electrons. The molecule has 0 aromatic heterocycles. The van der Waals surface area contributed by atoms with Gasteiger partial charge in [0.1, 0.15) is 0 Å². The quantitative estimate of drug-likeness (QED) is 0.463. The number of rotatable bonds is 9. The fraction of sp³-hybridized carbons (Fsp3) is 0.480. The van der Waals surface area contributed by atoms with Gasteiger partial charge in [0, 0.05) is 54.0 Å². The summed E-state index contributed by atoms with van der Waals surface area (Å²) in [7, 11) is -0.897. The predicted molar refractivity (Wildman–Crippen MR) is 132 cm³/mol. The molecule has 31 heavy (non-hydrogen) atoms. The van der Waals surface area contributed by atoms with Crippen molar-refractivity contribution in [2.75, 3.05) is 25.4 Å². The Balaban J connectivity index is 1.45. The normalized spacial score (nSPS) is 20.9. The third-order valence-electron chi connectivity index (χ3n) is 5.69. The molecule has 0 amide bonds. The molecule has 1 heterocycles. The van der Waals surface area contributed by atoms with Gasteiger partial charge in [-0.3, -0.25) is 14.1 Å². The average Bonchev–Trinajstić information content (AvgIpc) is 2.77. The molecule has 6 heteroatoms. The largest absolute Gasteiger partial charge is 0.357 e. The van der Waals surface area contributed by atoms with E-state index in [1.54, 1.807) is 0 Å². The Kier molecular flexibility index (Phi) is 9.56. The molecule has 168 valence electrons. The second-order valence-electron chi connectivity index (χ2n) is 8.21. The van der Waals surface area contributed by atoms with Crippen molar-refractivity contribution in [3.05, 3.63) is 71.8 Å². The summed E-state index contributed by atoms with van der Waals surface area (Å²) in [5.74, 6) is 2.02. The van der Waals surface area contributed by atoms with Gasteiger partial charge in [0.25, 0.3) is 0 Å². The molecule has 0 bridgehead atoms. The van der Waals surface area contributed by atoms with Crippen LogP contribution in [0.15, 0.2) is 65.7 Å². The first-order valence-electron chi connectivity index (χ1n) is 11.4. The SMILES string of the molecule is CCNC(=NCCS(=O)Cc1ccccc1)NC1CCN(Cc2ccccc2)C(C)C1. The fourth-order valence-corrected chi connectivity index (χ4v) is 5.01. The number of likely N-dealkylation sites (tertiary alicyclic amines) is 1. The van der Waals surface area contributed by atoms with E-state index in [2.05, 4.69) is 64.7 Å². The average molecular weight is 441 g/mol. The fourth-order valence-electron chi connectivity index (χ4n) is 4.01. The molecular formula is C25H36N4OS. The first kappa shape index (κ1) is 23.5. The lowest BCUT2D eigenvalue weighted by molar-refractivity contribution is 0.134. The zero-order valence-electron chi connectivity index (χ0n) is 18.8. The second kappa shape index (κ2) is 12.6. The summed E-state index contributed by atoms with van der Waals surface area (Å²) in [6, 6.07) is 21.6. The molecule has 1 fully saturated rings. The second-order valence-corrected chi connectivity index (χ2v) is 9.78. The number of guanidine groups is 1. The minimum atomic E-state index is -0.897. The van der Waals surface area contributed by atoms with Crippen molar-refractivity contribution in [2.24, 2.45) is 4.99 Å². The summed E-state index contributed by atoms with van der Waals surface area (Å²) in [6.45, 7) is 7.87. The number of hydrogen-bond acceptors (Lipinski definition) is 3. The van der Waals surface area contributed by atoms with E-state index in [0.717, 1.165) is 44.0 Å². The molecule has 5 nitrogen and oxygen atoms in total. The lowest BCUT2D eigenvalue weighted by Crippen LogP contribution is -2.51. The van der Waals surface area contributed by atoms with Gasteiger partial charge in [0.15, 0.2) is 5.96 Å². The Labute approximate surface area is 189 Å². The molecule has 1 aliphatic heterocycles. The molecule has 1 saturated heterocycles. The predicted octanol–water partition coefficient (Wildman–Crippen LogP) is 3.54. The van der Waals surface area contributed by atoms with Crippen molar-refractivity contribution < 1.29 is 4.21 Å². The van der Waals surface area contributed by atoms with Crippen LogP contribution in [0.2, 0.25) is 0 Å². The van der Waals surface area contributed by atoms with Crippen LogP contribution in [-0.4, -0.2) is 52.5 Å². The van der Waals surface area contributed by atoms with Gasteiger partial charge in [0.05, 0.1) is 6.54 Å². The lowest BCUT2D eigenvalue weighted by atomic mass is 9.97. The van der Waals surface area contributed by atoms with E-state index >= 15 is 0 Å². The number of nitrogens with one attached hydrogen (secondary N) is 2. The number of benzene rings is 2. The maximum absolute atomic E-state index is 12.4. The minimum absolute atomic E-state index is 0.412. The van der Waals surface area contributed by atoms with Gasteiger partial charge in [-0.05, 0) is 37.8 Å². The molecule has 0 aliphatic carbocycles. The molecule has 1 aliphatic rings. The van der Waals surface area contributed by atoms with Crippen LogP contribution < -0.4 is 10.6 Å². The van der Waals surface area contributed by atoms with Crippen LogP contribution in [0, 0.1) is 0 Å². The van der Waals surface area contributed by atoms with Crippen molar-refractivity contribution in [2.45, 2.75) is 51.1 Å². The topological polar surface area (TPSA) is 56.7 Å². The van der Waals surface area contributed by atoms with Gasteiger partial charge in [-0.2, -0.15) is 0 Å². The van der Waals surface area contributed by atoms with E-state index < -0.39 is 10.8 Å². The van der Waals surface area contributed by atoms with Gasteiger partial charge in [-0.15, -0.1) is 0 Å². The van der Waals surface area contributed by atoms with Crippen LogP contribution in [0.1, 0.15) is 37.8 Å². The van der Waals surface area contributed by atoms with Gasteiger partial charge in [-0.1, -0.05) is 60.7 Å². The van der Waals surface area contributed by atoms with Gasteiger partial charge < -0.3 is 10.6 Å². The molecule has 3 atom stereocenters. The molecule has 2 N–H and O–H groups in total. The molecule has 3 rings (SSSR count). The van der Waals surface area contributed by atoms with E-state index in [9.17, 15) is 4.21 Å². The van der Waals surface area contributed by atoms with Crippen molar-refractivity contribution in [1.82, 2.24) is 15.5 Å². The van der Waals surface area contributed by atoms with E-state index in [4.69, 9.17) is 0 Å². The summed E-state index contributed by atoms with van der Waals surface area (Å²) < 4.78 is 12.4. The zero-order valence-corrected chi connectivity index (χ0v) is 19.6. The van der Waals surface area contributed by atoms with Gasteiger partial charge in [0.2, 0.25) is 0 Å². The number of piperidine rings is 1. The van der Waals surface area contributed by atoms with Crippen LogP contribution in [0.3, 0.4) is 0 Å². The highest BCUT2D eigenvalue weighted by atomic mass is 32.2. The third kappa shape index (κ3) is 8.11. The van der Waals surface area contributed by atoms with E-state index in [1.165, 1.54) is 5.56 Å². The summed E-state index contributed by atoms with van der Waals surface area (Å²) >= 11 is 0. The summed E-state index contributed by atoms with van der Waals surface area (Å²) in [5, 5.41) is 6.95. The summed E-state index contributed by atoms with van der Waals surface area (Å²) in [4.78, 5) is 7.25. The van der Waals surface area contributed by atoms with Crippen molar-refractivity contribution >= 4 is 16.8 Å². The Bertz CT molecular complexity index is 828. The van der Waals surface area contributed by atoms with Crippen LogP contribution in [0.5, 0.6) is 0 Å². The summed E-state index contributed by atoms with van der Waals surface area (Å²) in [5.41, 5.74) is 2.49. The molecule has 2 aromatic carbocycles. The standard InChI is InChI=1S/C25H36N4OS/c1-3-26-25(27-15-17-31(30)20-23-12-8-5-9-13-23)28-24-14-16-29(21(2)18-24)19-22-10-6-4-7-11-22/h4-13,21,24H,3,14-20H2,1-2H3,(H2,26,27,28). The number of hydrogen-bond donors (Lipinski definition) is 2. The summed E-state index contributed by atoms with van der Waals surface area (Å²) in [6.07, 6.45) is 2.19. The Morgan fingerprint density at radius 1 is 1.10 bits per heavy atom. The van der Waals surface area contributed by atoms with Crippen LogP contribution in [0.25, 0.3) is 0 Å². The van der Waals surface area contributed by atoms with Crippen LogP contribution in [0.4, 0.5) is 0 Å². The molecule has 3 unspecified atom stereocenters. The lowest BCUT2D eigenvalue weighted by Gasteiger charge is -2.38. The van der Waals surface area contributed by atoms with Gasteiger partial charge >= 0.3 is 0 Å². The highest BCUT2D eigenvalue weighted by Crippen LogP contribution is 2.20. The number of nitrogens with zero attached hydrogens (tertiary/aromatic N) is 2. The van der Waals surface area contributed by atoms with E-state index in [1.807, 2.05) is 30.3 Å². The van der Waals surface area contributed by atoms with Gasteiger partial charge in [-0.25, -0.2) is 0 Å². The Hall–Kier alpha value is -2.18. The molecule has 0 spiro atoms.